The van der Waals surface area contributed by atoms with E-state index < -0.39 is 0 Å². The quantitative estimate of drug-likeness (QED) is 0.351. The summed E-state index contributed by atoms with van der Waals surface area (Å²) in [6.45, 7) is 6.99. The van der Waals surface area contributed by atoms with Gasteiger partial charge >= 0.3 is 5.63 Å². The van der Waals surface area contributed by atoms with Crippen molar-refractivity contribution in [3.63, 3.8) is 0 Å². The second-order valence-corrected chi connectivity index (χ2v) is 7.88. The molecule has 0 radical (unpaired) electrons. The van der Waals surface area contributed by atoms with Crippen LogP contribution in [0.2, 0.25) is 0 Å². The van der Waals surface area contributed by atoms with Crippen LogP contribution in [0.25, 0.3) is 32.9 Å². The van der Waals surface area contributed by atoms with Gasteiger partial charge in [0.2, 0.25) is 0 Å². The van der Waals surface area contributed by atoms with Gasteiger partial charge in [0.1, 0.15) is 17.9 Å². The fraction of sp³-hybridized carbons (Fsp3) is 0.269. The molecule has 1 aliphatic heterocycles. The van der Waals surface area contributed by atoms with Crippen molar-refractivity contribution in [2.45, 2.75) is 6.92 Å². The first-order chi connectivity index (χ1) is 15.2. The van der Waals surface area contributed by atoms with Crippen molar-refractivity contribution in [1.29, 1.82) is 0 Å². The molecular formula is C26H25NO4. The Kier molecular flexibility index (Phi) is 5.45. The van der Waals surface area contributed by atoms with Gasteiger partial charge in [0.15, 0.2) is 0 Å². The monoisotopic (exact) mass is 415 g/mol. The number of benzene rings is 3. The van der Waals surface area contributed by atoms with Gasteiger partial charge in [-0.15, -0.1) is 0 Å². The third-order valence-corrected chi connectivity index (χ3v) is 5.97. The lowest BCUT2D eigenvalue weighted by atomic mass is 9.96. The fourth-order valence-electron chi connectivity index (χ4n) is 4.32. The van der Waals surface area contributed by atoms with Crippen LogP contribution in [0.15, 0.2) is 69.9 Å². The highest BCUT2D eigenvalue weighted by atomic mass is 16.5. The van der Waals surface area contributed by atoms with Crippen molar-refractivity contribution in [2.75, 3.05) is 39.5 Å². The average molecular weight is 415 g/mol. The molecule has 1 aliphatic rings. The third-order valence-electron chi connectivity index (χ3n) is 5.97. The summed E-state index contributed by atoms with van der Waals surface area (Å²) >= 11 is 0. The first-order valence-electron chi connectivity index (χ1n) is 10.7. The van der Waals surface area contributed by atoms with Gasteiger partial charge < -0.3 is 13.9 Å². The Bertz CT molecular complexity index is 1270. The number of rotatable bonds is 5. The van der Waals surface area contributed by atoms with E-state index in [2.05, 4.69) is 17.0 Å². The molecule has 0 unspecified atom stereocenters. The number of hydrogen-bond acceptors (Lipinski definition) is 5. The highest BCUT2D eigenvalue weighted by Gasteiger charge is 2.15. The predicted octanol–water partition coefficient (Wildman–Crippen LogP) is 4.63. The molecule has 0 atom stereocenters. The van der Waals surface area contributed by atoms with E-state index in [-0.39, 0.29) is 5.63 Å². The largest absolute Gasteiger partial charge is 0.492 e. The van der Waals surface area contributed by atoms with Crippen LogP contribution >= 0.6 is 0 Å². The standard InChI is InChI=1S/C26H25NO4/c1-18-24(26(28)31-23-11-8-19-4-2-3-5-22(19)25(18)23)20-6-9-21(10-7-20)30-17-14-27-12-15-29-16-13-27/h2-11H,12-17H2,1H3. The molecule has 0 spiro atoms. The third kappa shape index (κ3) is 3.94. The Hall–Kier alpha value is -3.15. The lowest BCUT2D eigenvalue weighted by molar-refractivity contribution is 0.0322. The molecule has 158 valence electrons. The van der Waals surface area contributed by atoms with Gasteiger partial charge in [-0.25, -0.2) is 4.79 Å². The Balaban J connectivity index is 1.42. The van der Waals surface area contributed by atoms with E-state index in [9.17, 15) is 4.79 Å². The number of nitrogens with zero attached hydrogens (tertiary/aromatic N) is 1. The van der Waals surface area contributed by atoms with Gasteiger partial charge in [0, 0.05) is 25.0 Å². The molecule has 5 rings (SSSR count). The maximum atomic E-state index is 12.8. The fourth-order valence-corrected chi connectivity index (χ4v) is 4.32. The minimum Gasteiger partial charge on any atom is -0.492 e. The number of morpholine rings is 1. The minimum atomic E-state index is -0.318. The van der Waals surface area contributed by atoms with Crippen LogP contribution in [0.5, 0.6) is 5.75 Å². The Morgan fingerprint density at radius 2 is 1.74 bits per heavy atom. The molecule has 0 aliphatic carbocycles. The van der Waals surface area contributed by atoms with Crippen LogP contribution < -0.4 is 10.4 Å². The van der Waals surface area contributed by atoms with Gasteiger partial charge in [-0.1, -0.05) is 42.5 Å². The normalized spacial score (nSPS) is 14.9. The zero-order valence-corrected chi connectivity index (χ0v) is 17.6. The molecule has 1 fully saturated rings. The van der Waals surface area contributed by atoms with Crippen LogP contribution in [0.3, 0.4) is 0 Å². The molecule has 3 aromatic carbocycles. The first-order valence-corrected chi connectivity index (χ1v) is 10.7. The molecular weight excluding hydrogens is 390 g/mol. The van der Waals surface area contributed by atoms with E-state index in [0.717, 1.165) is 65.9 Å². The molecule has 5 heteroatoms. The van der Waals surface area contributed by atoms with Gasteiger partial charge in [0.05, 0.1) is 18.8 Å². The summed E-state index contributed by atoms with van der Waals surface area (Å²) in [5, 5.41) is 3.20. The van der Waals surface area contributed by atoms with E-state index in [4.69, 9.17) is 13.9 Å². The molecule has 31 heavy (non-hydrogen) atoms. The maximum absolute atomic E-state index is 12.8. The van der Waals surface area contributed by atoms with Crippen molar-refractivity contribution in [3.05, 3.63) is 76.6 Å². The molecule has 1 aromatic heterocycles. The Morgan fingerprint density at radius 1 is 0.968 bits per heavy atom. The maximum Gasteiger partial charge on any atom is 0.344 e. The number of ether oxygens (including phenoxy) is 2. The Labute approximate surface area is 180 Å². The number of hydrogen-bond donors (Lipinski definition) is 0. The molecule has 0 saturated carbocycles. The summed E-state index contributed by atoms with van der Waals surface area (Å²) in [4.78, 5) is 15.1. The topological polar surface area (TPSA) is 51.9 Å². The first kappa shape index (κ1) is 19.8. The molecule has 2 heterocycles. The second kappa shape index (κ2) is 8.53. The van der Waals surface area contributed by atoms with E-state index >= 15 is 0 Å². The van der Waals surface area contributed by atoms with E-state index in [0.29, 0.717) is 17.8 Å². The Morgan fingerprint density at radius 3 is 2.55 bits per heavy atom. The minimum absolute atomic E-state index is 0.318. The second-order valence-electron chi connectivity index (χ2n) is 7.88. The van der Waals surface area contributed by atoms with Crippen molar-refractivity contribution in [2.24, 2.45) is 0 Å². The van der Waals surface area contributed by atoms with Gasteiger partial charge in [0.25, 0.3) is 0 Å². The zero-order valence-electron chi connectivity index (χ0n) is 17.6. The van der Waals surface area contributed by atoms with Crippen LogP contribution in [-0.4, -0.2) is 44.4 Å². The highest BCUT2D eigenvalue weighted by Crippen LogP contribution is 2.32. The summed E-state index contributed by atoms with van der Waals surface area (Å²) < 4.78 is 17.0. The lowest BCUT2D eigenvalue weighted by Crippen LogP contribution is -2.38. The summed E-state index contributed by atoms with van der Waals surface area (Å²) in [7, 11) is 0. The van der Waals surface area contributed by atoms with Crippen molar-refractivity contribution in [3.8, 4) is 16.9 Å². The van der Waals surface area contributed by atoms with Crippen molar-refractivity contribution >= 4 is 21.7 Å². The highest BCUT2D eigenvalue weighted by molar-refractivity contribution is 6.08. The van der Waals surface area contributed by atoms with E-state index in [1.165, 1.54) is 0 Å². The average Bonchev–Trinajstić information content (AvgIpc) is 2.80. The van der Waals surface area contributed by atoms with Gasteiger partial charge in [-0.3, -0.25) is 4.90 Å². The molecule has 5 nitrogen and oxygen atoms in total. The summed E-state index contributed by atoms with van der Waals surface area (Å²) in [6, 6.07) is 19.7. The molecule has 0 bridgehead atoms. The number of aryl methyl sites for hydroxylation is 1. The number of fused-ring (bicyclic) bond motifs is 3. The summed E-state index contributed by atoms with van der Waals surface area (Å²) in [6.07, 6.45) is 0. The van der Waals surface area contributed by atoms with Crippen LogP contribution in [0.1, 0.15) is 5.56 Å². The smallest absolute Gasteiger partial charge is 0.344 e. The SMILES string of the molecule is Cc1c(-c2ccc(OCCN3CCOCC3)cc2)c(=O)oc2ccc3ccccc3c12. The predicted molar refractivity (Wildman–Crippen MR) is 123 cm³/mol. The molecule has 0 N–H and O–H groups in total. The van der Waals surface area contributed by atoms with Crippen molar-refractivity contribution < 1.29 is 13.9 Å². The van der Waals surface area contributed by atoms with Crippen LogP contribution in [0, 0.1) is 6.92 Å². The van der Waals surface area contributed by atoms with E-state index in [1.54, 1.807) is 0 Å². The summed E-state index contributed by atoms with van der Waals surface area (Å²) in [5.41, 5.74) is 2.67. The van der Waals surface area contributed by atoms with Gasteiger partial charge in [-0.05, 0) is 47.0 Å². The van der Waals surface area contributed by atoms with Crippen LogP contribution in [0.4, 0.5) is 0 Å². The molecule has 4 aromatic rings. The van der Waals surface area contributed by atoms with Crippen LogP contribution in [-0.2, 0) is 4.74 Å². The van der Waals surface area contributed by atoms with Gasteiger partial charge in [-0.2, -0.15) is 0 Å². The van der Waals surface area contributed by atoms with E-state index in [1.807, 2.05) is 55.5 Å². The van der Waals surface area contributed by atoms with Crippen molar-refractivity contribution in [1.82, 2.24) is 4.90 Å². The molecule has 0 amide bonds. The summed E-state index contributed by atoms with van der Waals surface area (Å²) in [5.74, 6) is 0.797. The lowest BCUT2D eigenvalue weighted by Gasteiger charge is -2.26. The zero-order chi connectivity index (χ0) is 21.2. The molecule has 1 saturated heterocycles.